The Hall–Kier alpha value is -0.160. The van der Waals surface area contributed by atoms with Crippen molar-refractivity contribution in [1.82, 2.24) is 9.97 Å². The molecule has 0 fully saturated rings. The van der Waals surface area contributed by atoms with Crippen LogP contribution in [0.25, 0.3) is 0 Å². The van der Waals surface area contributed by atoms with Gasteiger partial charge in [-0.05, 0) is 22.4 Å². The molecule has 0 bridgehead atoms. The largest absolute Gasteiger partial charge is 0.340 e. The predicted molar refractivity (Wildman–Crippen MR) is 70.6 cm³/mol. The van der Waals surface area contributed by atoms with E-state index in [1.165, 1.54) is 12.8 Å². The minimum atomic E-state index is 0.811. The van der Waals surface area contributed by atoms with Crippen LogP contribution in [0.3, 0.4) is 0 Å². The van der Waals surface area contributed by atoms with Gasteiger partial charge in [-0.2, -0.15) is 0 Å². The van der Waals surface area contributed by atoms with E-state index in [2.05, 4.69) is 53.7 Å². The van der Waals surface area contributed by atoms with E-state index in [4.69, 9.17) is 0 Å². The molecule has 0 atom stereocenters. The molecule has 0 amide bonds. The highest BCUT2D eigenvalue weighted by Gasteiger charge is 2.07. The lowest BCUT2D eigenvalue weighted by Gasteiger charge is -2.20. The Labute approximate surface area is 108 Å². The number of rotatable bonds is 6. The fraction of sp³-hybridized carbons (Fsp3) is 0.600. The quantitative estimate of drug-likeness (QED) is 0.747. The normalized spacial score (nSPS) is 10.3. The summed E-state index contributed by atoms with van der Waals surface area (Å²) in [5.74, 6) is 0.811. The second kappa shape index (κ2) is 7.17. The van der Waals surface area contributed by atoms with Crippen LogP contribution in [-0.4, -0.2) is 28.4 Å². The lowest BCUT2D eigenvalue weighted by Crippen LogP contribution is -2.28. The molecule has 1 rings (SSSR count). The van der Waals surface area contributed by atoms with Crippen molar-refractivity contribution >= 4 is 37.8 Å². The van der Waals surface area contributed by atoms with E-state index in [0.29, 0.717) is 0 Å². The van der Waals surface area contributed by atoms with Crippen molar-refractivity contribution in [2.75, 3.05) is 23.3 Å². The molecule has 0 unspecified atom stereocenters. The number of hydrogen-bond acceptors (Lipinski definition) is 3. The molecule has 1 aromatic rings. The van der Waals surface area contributed by atoms with Crippen LogP contribution in [0.1, 0.15) is 19.8 Å². The highest BCUT2D eigenvalue weighted by atomic mass is 79.9. The monoisotopic (exact) mass is 335 g/mol. The summed E-state index contributed by atoms with van der Waals surface area (Å²) in [5.41, 5.74) is 0. The van der Waals surface area contributed by atoms with E-state index in [1.54, 1.807) is 12.4 Å². The van der Waals surface area contributed by atoms with Gasteiger partial charge in [0, 0.05) is 30.8 Å². The first-order chi connectivity index (χ1) is 7.27. The molecule has 84 valence electrons. The van der Waals surface area contributed by atoms with Crippen molar-refractivity contribution in [3.05, 3.63) is 16.9 Å². The van der Waals surface area contributed by atoms with E-state index in [-0.39, 0.29) is 0 Å². The van der Waals surface area contributed by atoms with Crippen LogP contribution in [0.4, 0.5) is 5.95 Å². The first-order valence-corrected chi connectivity index (χ1v) is 6.97. The van der Waals surface area contributed by atoms with E-state index in [9.17, 15) is 0 Å². The predicted octanol–water partition coefficient (Wildman–Crippen LogP) is 3.24. The Morgan fingerprint density at radius 1 is 1.27 bits per heavy atom. The lowest BCUT2D eigenvalue weighted by molar-refractivity contribution is 0.717. The number of halogens is 2. The SMILES string of the molecule is CCCCN(CCBr)c1ncc(Br)cn1. The fourth-order valence-electron chi connectivity index (χ4n) is 1.23. The topological polar surface area (TPSA) is 29.0 Å². The molecule has 1 heterocycles. The van der Waals surface area contributed by atoms with Crippen molar-refractivity contribution in [2.24, 2.45) is 0 Å². The summed E-state index contributed by atoms with van der Waals surface area (Å²) in [6.45, 7) is 4.15. The zero-order chi connectivity index (χ0) is 11.1. The lowest BCUT2D eigenvalue weighted by atomic mass is 10.3. The van der Waals surface area contributed by atoms with Gasteiger partial charge in [0.25, 0.3) is 0 Å². The van der Waals surface area contributed by atoms with Crippen molar-refractivity contribution in [2.45, 2.75) is 19.8 Å². The Morgan fingerprint density at radius 3 is 2.47 bits per heavy atom. The molecule has 3 nitrogen and oxygen atoms in total. The van der Waals surface area contributed by atoms with Crippen LogP contribution in [-0.2, 0) is 0 Å². The molecule has 0 aliphatic rings. The first-order valence-electron chi connectivity index (χ1n) is 5.06. The van der Waals surface area contributed by atoms with Gasteiger partial charge < -0.3 is 4.90 Å². The number of anilines is 1. The maximum atomic E-state index is 4.30. The Morgan fingerprint density at radius 2 is 1.93 bits per heavy atom. The minimum absolute atomic E-state index is 0.811. The van der Waals surface area contributed by atoms with Crippen LogP contribution < -0.4 is 4.90 Å². The minimum Gasteiger partial charge on any atom is -0.340 e. The molecule has 5 heteroatoms. The number of hydrogen-bond donors (Lipinski definition) is 0. The van der Waals surface area contributed by atoms with Gasteiger partial charge in [0.2, 0.25) is 5.95 Å². The molecule has 0 saturated heterocycles. The van der Waals surface area contributed by atoms with Gasteiger partial charge in [0.1, 0.15) is 0 Å². The summed E-state index contributed by atoms with van der Waals surface area (Å²) in [4.78, 5) is 10.8. The Kier molecular flexibility index (Phi) is 6.17. The standard InChI is InChI=1S/C10H15Br2N3/c1-2-3-5-15(6-4-11)10-13-7-9(12)8-14-10/h7-8H,2-6H2,1H3. The smallest absolute Gasteiger partial charge is 0.225 e. The molecular formula is C10H15Br2N3. The van der Waals surface area contributed by atoms with Gasteiger partial charge in [0.05, 0.1) is 4.47 Å². The molecular weight excluding hydrogens is 322 g/mol. The summed E-state index contributed by atoms with van der Waals surface area (Å²) >= 11 is 6.78. The van der Waals surface area contributed by atoms with Gasteiger partial charge in [-0.15, -0.1) is 0 Å². The molecule has 1 aromatic heterocycles. The van der Waals surface area contributed by atoms with Crippen LogP contribution in [0.5, 0.6) is 0 Å². The van der Waals surface area contributed by atoms with Crippen LogP contribution in [0.2, 0.25) is 0 Å². The molecule has 15 heavy (non-hydrogen) atoms. The third-order valence-corrected chi connectivity index (χ3v) is 2.79. The number of aromatic nitrogens is 2. The van der Waals surface area contributed by atoms with Crippen LogP contribution >= 0.6 is 31.9 Å². The highest BCUT2D eigenvalue weighted by molar-refractivity contribution is 9.10. The number of nitrogens with zero attached hydrogens (tertiary/aromatic N) is 3. The van der Waals surface area contributed by atoms with E-state index in [0.717, 1.165) is 28.8 Å². The van der Waals surface area contributed by atoms with E-state index < -0.39 is 0 Å². The summed E-state index contributed by atoms with van der Waals surface area (Å²) in [5, 5.41) is 0.941. The average Bonchev–Trinajstić information content (AvgIpc) is 2.25. The summed E-state index contributed by atoms with van der Waals surface area (Å²) < 4.78 is 0.917. The maximum absolute atomic E-state index is 4.30. The molecule has 0 aromatic carbocycles. The van der Waals surface area contributed by atoms with E-state index >= 15 is 0 Å². The van der Waals surface area contributed by atoms with Crippen molar-refractivity contribution in [3.63, 3.8) is 0 Å². The molecule has 0 aliphatic heterocycles. The number of unbranched alkanes of at least 4 members (excludes halogenated alkanes) is 1. The average molecular weight is 337 g/mol. The van der Waals surface area contributed by atoms with Crippen LogP contribution in [0.15, 0.2) is 16.9 Å². The van der Waals surface area contributed by atoms with Gasteiger partial charge in [0.15, 0.2) is 0 Å². The summed E-state index contributed by atoms with van der Waals surface area (Å²) in [6.07, 6.45) is 5.94. The van der Waals surface area contributed by atoms with Gasteiger partial charge in [-0.1, -0.05) is 29.3 Å². The zero-order valence-corrected chi connectivity index (χ0v) is 12.0. The Balaban J connectivity index is 2.65. The molecule has 0 saturated carbocycles. The molecule has 0 N–H and O–H groups in total. The molecule has 0 radical (unpaired) electrons. The molecule has 0 spiro atoms. The maximum Gasteiger partial charge on any atom is 0.225 e. The highest BCUT2D eigenvalue weighted by Crippen LogP contribution is 2.11. The van der Waals surface area contributed by atoms with Crippen molar-refractivity contribution in [3.8, 4) is 0 Å². The Bertz CT molecular complexity index is 277. The second-order valence-electron chi connectivity index (χ2n) is 3.23. The second-order valence-corrected chi connectivity index (χ2v) is 4.94. The summed E-state index contributed by atoms with van der Waals surface area (Å²) in [6, 6.07) is 0. The van der Waals surface area contributed by atoms with Crippen molar-refractivity contribution in [1.29, 1.82) is 0 Å². The third-order valence-electron chi connectivity index (χ3n) is 2.03. The van der Waals surface area contributed by atoms with Gasteiger partial charge >= 0.3 is 0 Å². The molecule has 0 aliphatic carbocycles. The van der Waals surface area contributed by atoms with Crippen molar-refractivity contribution < 1.29 is 0 Å². The van der Waals surface area contributed by atoms with Gasteiger partial charge in [-0.25, -0.2) is 9.97 Å². The third kappa shape index (κ3) is 4.47. The van der Waals surface area contributed by atoms with Crippen LogP contribution in [0, 0.1) is 0 Å². The summed E-state index contributed by atoms with van der Waals surface area (Å²) in [7, 11) is 0. The van der Waals surface area contributed by atoms with E-state index in [1.807, 2.05) is 0 Å². The number of alkyl halides is 1. The first kappa shape index (κ1) is 12.9. The zero-order valence-electron chi connectivity index (χ0n) is 8.79. The fourth-order valence-corrected chi connectivity index (χ4v) is 1.86. The van der Waals surface area contributed by atoms with Gasteiger partial charge in [-0.3, -0.25) is 0 Å².